The third-order valence-electron chi connectivity index (χ3n) is 4.00. The second-order valence-corrected chi connectivity index (χ2v) is 5.32. The smallest absolute Gasteiger partial charge is 0.315 e. The summed E-state index contributed by atoms with van der Waals surface area (Å²) in [4.78, 5) is 11.5. The van der Waals surface area contributed by atoms with Crippen molar-refractivity contribution in [2.24, 2.45) is 5.92 Å². The van der Waals surface area contributed by atoms with Crippen molar-refractivity contribution in [3.05, 3.63) is 0 Å². The molecule has 2 aliphatic rings. The van der Waals surface area contributed by atoms with Gasteiger partial charge in [0, 0.05) is 12.6 Å². The standard InChI is InChI=1S/C13H24N2O/c16-13(15-12-7-4-8-12)14-10-9-11-5-2-1-3-6-11/h11-12H,1-10H2,(H2,14,15,16). The molecular formula is C13H24N2O. The fourth-order valence-electron chi connectivity index (χ4n) is 2.65. The second-order valence-electron chi connectivity index (χ2n) is 5.32. The Balaban J connectivity index is 1.51. The number of carbonyl (C=O) groups is 1. The first kappa shape index (κ1) is 11.7. The van der Waals surface area contributed by atoms with Crippen LogP contribution in [0.4, 0.5) is 4.79 Å². The molecule has 2 rings (SSSR count). The molecule has 0 unspecified atom stereocenters. The molecule has 0 aromatic carbocycles. The summed E-state index contributed by atoms with van der Waals surface area (Å²) in [5.74, 6) is 0.859. The Morgan fingerprint density at radius 2 is 1.75 bits per heavy atom. The zero-order chi connectivity index (χ0) is 11.2. The molecule has 92 valence electrons. The van der Waals surface area contributed by atoms with Gasteiger partial charge in [-0.3, -0.25) is 0 Å². The maximum Gasteiger partial charge on any atom is 0.315 e. The summed E-state index contributed by atoms with van der Waals surface area (Å²) in [6.45, 7) is 0.850. The minimum Gasteiger partial charge on any atom is -0.338 e. The first-order chi connectivity index (χ1) is 7.84. The zero-order valence-corrected chi connectivity index (χ0v) is 10.1. The van der Waals surface area contributed by atoms with Crippen molar-refractivity contribution in [2.75, 3.05) is 6.54 Å². The van der Waals surface area contributed by atoms with Crippen LogP contribution in [0.15, 0.2) is 0 Å². The van der Waals surface area contributed by atoms with E-state index in [1.54, 1.807) is 0 Å². The molecule has 0 aromatic rings. The molecule has 0 radical (unpaired) electrons. The van der Waals surface area contributed by atoms with Crippen LogP contribution < -0.4 is 10.6 Å². The van der Waals surface area contributed by atoms with Gasteiger partial charge < -0.3 is 10.6 Å². The molecule has 0 aromatic heterocycles. The average Bonchev–Trinajstić information content (AvgIpc) is 2.25. The second kappa shape index (κ2) is 6.12. The first-order valence-corrected chi connectivity index (χ1v) is 6.89. The highest BCUT2D eigenvalue weighted by Gasteiger charge is 2.19. The number of urea groups is 1. The highest BCUT2D eigenvalue weighted by Crippen LogP contribution is 2.25. The van der Waals surface area contributed by atoms with E-state index in [4.69, 9.17) is 0 Å². The molecule has 3 heteroatoms. The van der Waals surface area contributed by atoms with Gasteiger partial charge in [0.15, 0.2) is 0 Å². The molecule has 2 N–H and O–H groups in total. The topological polar surface area (TPSA) is 41.1 Å². The molecule has 2 fully saturated rings. The summed E-state index contributed by atoms with van der Waals surface area (Å²) in [6.07, 6.45) is 11.7. The maximum atomic E-state index is 11.5. The van der Waals surface area contributed by atoms with E-state index < -0.39 is 0 Å². The van der Waals surface area contributed by atoms with Crippen LogP contribution in [-0.2, 0) is 0 Å². The van der Waals surface area contributed by atoms with Crippen molar-refractivity contribution in [1.82, 2.24) is 10.6 Å². The summed E-state index contributed by atoms with van der Waals surface area (Å²) in [5.41, 5.74) is 0. The van der Waals surface area contributed by atoms with E-state index in [0.717, 1.165) is 31.7 Å². The molecule has 0 atom stereocenters. The molecule has 2 aliphatic carbocycles. The molecule has 3 nitrogen and oxygen atoms in total. The Morgan fingerprint density at radius 1 is 1.00 bits per heavy atom. The number of nitrogens with one attached hydrogen (secondary N) is 2. The number of carbonyl (C=O) groups excluding carboxylic acids is 1. The van der Waals surface area contributed by atoms with Crippen LogP contribution in [0, 0.1) is 5.92 Å². The molecule has 0 spiro atoms. The van der Waals surface area contributed by atoms with Gasteiger partial charge in [-0.15, -0.1) is 0 Å². The molecule has 2 saturated carbocycles. The largest absolute Gasteiger partial charge is 0.338 e. The lowest BCUT2D eigenvalue weighted by Gasteiger charge is -2.27. The lowest BCUT2D eigenvalue weighted by Crippen LogP contribution is -2.45. The maximum absolute atomic E-state index is 11.5. The van der Waals surface area contributed by atoms with Gasteiger partial charge in [0.2, 0.25) is 0 Å². The molecule has 16 heavy (non-hydrogen) atoms. The molecule has 0 heterocycles. The minimum atomic E-state index is 0.0421. The monoisotopic (exact) mass is 224 g/mol. The SMILES string of the molecule is O=C(NCCC1CCCCC1)NC1CCC1. The van der Waals surface area contributed by atoms with Crippen molar-refractivity contribution >= 4 is 6.03 Å². The van der Waals surface area contributed by atoms with Crippen molar-refractivity contribution in [3.8, 4) is 0 Å². The van der Waals surface area contributed by atoms with E-state index >= 15 is 0 Å². The van der Waals surface area contributed by atoms with Gasteiger partial charge in [0.05, 0.1) is 0 Å². The van der Waals surface area contributed by atoms with Gasteiger partial charge in [-0.25, -0.2) is 4.79 Å². The van der Waals surface area contributed by atoms with Gasteiger partial charge in [-0.2, -0.15) is 0 Å². The molecule has 0 saturated heterocycles. The van der Waals surface area contributed by atoms with E-state index in [-0.39, 0.29) is 6.03 Å². The lowest BCUT2D eigenvalue weighted by atomic mass is 9.87. The molecule has 0 bridgehead atoms. The van der Waals surface area contributed by atoms with Crippen LogP contribution in [0.25, 0.3) is 0 Å². The van der Waals surface area contributed by atoms with Crippen molar-refractivity contribution in [3.63, 3.8) is 0 Å². The van der Waals surface area contributed by atoms with E-state index in [1.165, 1.54) is 38.5 Å². The number of amides is 2. The Labute approximate surface area is 98.4 Å². The Kier molecular flexibility index (Phi) is 4.49. The summed E-state index contributed by atoms with van der Waals surface area (Å²) in [5, 5.41) is 5.98. The van der Waals surface area contributed by atoms with Crippen LogP contribution in [0.1, 0.15) is 57.8 Å². The third-order valence-corrected chi connectivity index (χ3v) is 4.00. The van der Waals surface area contributed by atoms with E-state index in [9.17, 15) is 4.79 Å². The van der Waals surface area contributed by atoms with Crippen LogP contribution in [0.5, 0.6) is 0 Å². The summed E-state index contributed by atoms with van der Waals surface area (Å²) >= 11 is 0. The normalized spacial score (nSPS) is 22.5. The van der Waals surface area contributed by atoms with Crippen LogP contribution in [0.3, 0.4) is 0 Å². The number of rotatable bonds is 4. The summed E-state index contributed by atoms with van der Waals surface area (Å²) in [7, 11) is 0. The number of hydrogen-bond acceptors (Lipinski definition) is 1. The van der Waals surface area contributed by atoms with Gasteiger partial charge in [0.1, 0.15) is 0 Å². The molecular weight excluding hydrogens is 200 g/mol. The average molecular weight is 224 g/mol. The Hall–Kier alpha value is -0.730. The van der Waals surface area contributed by atoms with Crippen molar-refractivity contribution < 1.29 is 4.79 Å². The fourth-order valence-corrected chi connectivity index (χ4v) is 2.65. The summed E-state index contributed by atoms with van der Waals surface area (Å²) in [6, 6.07) is 0.496. The lowest BCUT2D eigenvalue weighted by molar-refractivity contribution is 0.226. The first-order valence-electron chi connectivity index (χ1n) is 6.89. The van der Waals surface area contributed by atoms with Crippen LogP contribution in [0.2, 0.25) is 0 Å². The van der Waals surface area contributed by atoms with Crippen molar-refractivity contribution in [1.29, 1.82) is 0 Å². The zero-order valence-electron chi connectivity index (χ0n) is 10.1. The summed E-state index contributed by atoms with van der Waals surface area (Å²) < 4.78 is 0. The molecule has 2 amide bonds. The van der Waals surface area contributed by atoms with E-state index in [0.29, 0.717) is 6.04 Å². The predicted molar refractivity (Wildman–Crippen MR) is 65.4 cm³/mol. The molecule has 0 aliphatic heterocycles. The van der Waals surface area contributed by atoms with E-state index in [2.05, 4.69) is 10.6 Å². The number of hydrogen-bond donors (Lipinski definition) is 2. The van der Waals surface area contributed by atoms with Gasteiger partial charge >= 0.3 is 6.03 Å². The van der Waals surface area contributed by atoms with Gasteiger partial charge in [-0.05, 0) is 31.6 Å². The van der Waals surface area contributed by atoms with Gasteiger partial charge in [-0.1, -0.05) is 32.1 Å². The quantitative estimate of drug-likeness (QED) is 0.757. The van der Waals surface area contributed by atoms with E-state index in [1.807, 2.05) is 0 Å². The van der Waals surface area contributed by atoms with Gasteiger partial charge in [0.25, 0.3) is 0 Å². The van der Waals surface area contributed by atoms with Crippen LogP contribution in [-0.4, -0.2) is 18.6 Å². The minimum absolute atomic E-state index is 0.0421. The Bertz CT molecular complexity index is 220. The van der Waals surface area contributed by atoms with Crippen molar-refractivity contribution in [2.45, 2.75) is 63.8 Å². The third kappa shape index (κ3) is 3.69. The highest BCUT2D eigenvalue weighted by atomic mass is 16.2. The highest BCUT2D eigenvalue weighted by molar-refractivity contribution is 5.74. The predicted octanol–water partition coefficient (Wildman–Crippen LogP) is 2.81. The van der Waals surface area contributed by atoms with Crippen LogP contribution >= 0.6 is 0 Å². The Morgan fingerprint density at radius 3 is 2.38 bits per heavy atom. The fraction of sp³-hybridized carbons (Fsp3) is 0.923.